The van der Waals surface area contributed by atoms with Gasteiger partial charge in [-0.2, -0.15) is 5.10 Å². The lowest BCUT2D eigenvalue weighted by Gasteiger charge is -2.12. The minimum atomic E-state index is -3.32. The largest absolute Gasteiger partial charge is 0.329 e. The van der Waals surface area contributed by atoms with Crippen LogP contribution in [0.2, 0.25) is 0 Å². The Labute approximate surface area is 138 Å². The van der Waals surface area contributed by atoms with Crippen molar-refractivity contribution in [3.8, 4) is 0 Å². The highest BCUT2D eigenvalue weighted by molar-refractivity contribution is 7.92. The van der Waals surface area contributed by atoms with Gasteiger partial charge in [-0.25, -0.2) is 13.2 Å². The molecule has 1 aromatic heterocycles. The molecule has 0 saturated heterocycles. The van der Waals surface area contributed by atoms with Crippen LogP contribution in [0.5, 0.6) is 0 Å². The summed E-state index contributed by atoms with van der Waals surface area (Å²) in [6.07, 6.45) is 2.59. The van der Waals surface area contributed by atoms with E-state index in [0.29, 0.717) is 11.3 Å². The molecule has 0 aliphatic carbocycles. The minimum absolute atomic E-state index is 0.259. The Morgan fingerprint density at radius 3 is 2.42 bits per heavy atom. The van der Waals surface area contributed by atoms with Crippen molar-refractivity contribution in [1.29, 1.82) is 0 Å². The number of benzene rings is 1. The number of hydrogen-bond donors (Lipinski definition) is 2. The van der Waals surface area contributed by atoms with E-state index in [1.807, 2.05) is 0 Å². The maximum absolute atomic E-state index is 11.6. The number of H-pyrrole nitrogens is 1. The summed E-state index contributed by atoms with van der Waals surface area (Å²) in [5.41, 5.74) is 0.189. The summed E-state index contributed by atoms with van der Waals surface area (Å²) in [6.45, 7) is 0. The monoisotopic (exact) mass is 351 g/mol. The second-order valence-electron chi connectivity index (χ2n) is 5.12. The fraction of sp³-hybridized carbons (Fsp3) is 0.214. The number of sulfonamides is 1. The van der Waals surface area contributed by atoms with Gasteiger partial charge in [-0.15, -0.1) is 0 Å². The molecule has 128 valence electrons. The molecule has 9 nitrogen and oxygen atoms in total. The van der Waals surface area contributed by atoms with Crippen LogP contribution in [0, 0.1) is 0 Å². The molecule has 0 bridgehead atoms. The van der Waals surface area contributed by atoms with E-state index in [1.54, 1.807) is 31.3 Å². The summed E-state index contributed by atoms with van der Waals surface area (Å²) >= 11 is 0. The van der Waals surface area contributed by atoms with Gasteiger partial charge < -0.3 is 0 Å². The Hall–Kier alpha value is -2.88. The smallest absolute Gasteiger partial charge is 0.292 e. The minimum Gasteiger partial charge on any atom is -0.292 e. The molecule has 0 spiro atoms. The maximum atomic E-state index is 11.6. The Balaban J connectivity index is 2.16. The average molecular weight is 351 g/mol. The Bertz CT molecular complexity index is 942. The first kappa shape index (κ1) is 17.5. The molecule has 0 amide bonds. The molecule has 0 aliphatic heterocycles. The van der Waals surface area contributed by atoms with Crippen LogP contribution in [0.25, 0.3) is 0 Å². The number of anilines is 2. The second-order valence-corrected chi connectivity index (χ2v) is 6.87. The average Bonchev–Trinajstić information content (AvgIpc) is 2.49. The first-order valence-electron chi connectivity index (χ1n) is 6.81. The van der Waals surface area contributed by atoms with Crippen molar-refractivity contribution < 1.29 is 8.42 Å². The van der Waals surface area contributed by atoms with E-state index in [2.05, 4.69) is 14.8 Å². The third kappa shape index (κ3) is 4.56. The molecule has 10 heteroatoms. The van der Waals surface area contributed by atoms with Gasteiger partial charge in [0.15, 0.2) is 0 Å². The Kier molecular flexibility index (Phi) is 4.88. The fourth-order valence-electron chi connectivity index (χ4n) is 1.78. The molecule has 1 aromatic carbocycles. The molecule has 0 saturated carbocycles. The number of aromatic amines is 1. The van der Waals surface area contributed by atoms with Gasteiger partial charge in [0.1, 0.15) is 5.82 Å². The molecule has 0 unspecified atom stereocenters. The summed E-state index contributed by atoms with van der Waals surface area (Å²) in [7, 11) is -0.361. The first-order chi connectivity index (χ1) is 11.2. The molecule has 2 rings (SSSR count). The van der Waals surface area contributed by atoms with E-state index >= 15 is 0 Å². The molecular weight excluding hydrogens is 334 g/mol. The van der Waals surface area contributed by atoms with Crippen LogP contribution in [0.4, 0.5) is 11.5 Å². The maximum Gasteiger partial charge on any atom is 0.329 e. The van der Waals surface area contributed by atoms with Crippen molar-refractivity contribution in [1.82, 2.24) is 9.55 Å². The van der Waals surface area contributed by atoms with Crippen molar-refractivity contribution in [2.45, 2.75) is 0 Å². The van der Waals surface area contributed by atoms with Crippen LogP contribution in [0.15, 0.2) is 45.0 Å². The topological polar surface area (TPSA) is 117 Å². The highest BCUT2D eigenvalue weighted by Crippen LogP contribution is 2.10. The normalized spacial score (nSPS) is 11.6. The van der Waals surface area contributed by atoms with Crippen LogP contribution in [0.1, 0.15) is 5.56 Å². The third-order valence-electron chi connectivity index (χ3n) is 3.07. The van der Waals surface area contributed by atoms with E-state index in [1.165, 1.54) is 24.3 Å². The highest BCUT2D eigenvalue weighted by Gasteiger charge is 2.04. The quantitative estimate of drug-likeness (QED) is 0.577. The van der Waals surface area contributed by atoms with E-state index in [-0.39, 0.29) is 5.82 Å². The van der Waals surface area contributed by atoms with Crippen LogP contribution in [-0.4, -0.2) is 37.5 Å². The molecule has 2 N–H and O–H groups in total. The van der Waals surface area contributed by atoms with Gasteiger partial charge >= 0.3 is 5.69 Å². The molecule has 1 heterocycles. The standard InChI is InChI=1S/C14H17N5O4S/c1-18-13(20)8-12(16-14(18)21)19(2)15-9-10-4-6-11(7-5-10)17-24(3,22)23/h4-9,17H,1-3H3,(H,16,21). The van der Waals surface area contributed by atoms with Crippen LogP contribution in [-0.2, 0) is 17.1 Å². The predicted octanol–water partition coefficient (Wildman–Crippen LogP) is -0.0846. The molecule has 0 aliphatic rings. The van der Waals surface area contributed by atoms with Crippen molar-refractivity contribution >= 4 is 27.7 Å². The van der Waals surface area contributed by atoms with Gasteiger partial charge in [-0.1, -0.05) is 12.1 Å². The molecule has 0 radical (unpaired) electrons. The van der Waals surface area contributed by atoms with Crippen molar-refractivity contribution in [2.75, 3.05) is 23.0 Å². The van der Waals surface area contributed by atoms with Crippen LogP contribution < -0.4 is 21.0 Å². The van der Waals surface area contributed by atoms with Gasteiger partial charge in [0.05, 0.1) is 12.5 Å². The van der Waals surface area contributed by atoms with Crippen LogP contribution >= 0.6 is 0 Å². The summed E-state index contributed by atoms with van der Waals surface area (Å²) in [5.74, 6) is 0.259. The number of rotatable bonds is 5. The van der Waals surface area contributed by atoms with Crippen molar-refractivity contribution in [2.24, 2.45) is 12.1 Å². The van der Waals surface area contributed by atoms with E-state index in [0.717, 1.165) is 10.8 Å². The van der Waals surface area contributed by atoms with Gasteiger partial charge in [0, 0.05) is 25.8 Å². The number of nitrogens with one attached hydrogen (secondary N) is 2. The number of hydrogen-bond acceptors (Lipinski definition) is 6. The zero-order valence-electron chi connectivity index (χ0n) is 13.3. The zero-order chi connectivity index (χ0) is 17.9. The van der Waals surface area contributed by atoms with Crippen molar-refractivity contribution in [3.05, 3.63) is 56.7 Å². The van der Waals surface area contributed by atoms with Crippen molar-refractivity contribution in [3.63, 3.8) is 0 Å². The summed E-state index contributed by atoms with van der Waals surface area (Å²) in [5, 5.41) is 5.48. The first-order valence-corrected chi connectivity index (χ1v) is 8.71. The fourth-order valence-corrected chi connectivity index (χ4v) is 2.35. The lowest BCUT2D eigenvalue weighted by molar-refractivity contribution is 0.607. The zero-order valence-corrected chi connectivity index (χ0v) is 14.2. The Morgan fingerprint density at radius 1 is 1.25 bits per heavy atom. The number of aromatic nitrogens is 2. The Morgan fingerprint density at radius 2 is 1.88 bits per heavy atom. The van der Waals surface area contributed by atoms with Gasteiger partial charge in [0.25, 0.3) is 5.56 Å². The van der Waals surface area contributed by atoms with Gasteiger partial charge in [0.2, 0.25) is 10.0 Å². The molecule has 0 atom stereocenters. The van der Waals surface area contributed by atoms with E-state index < -0.39 is 21.3 Å². The lowest BCUT2D eigenvalue weighted by atomic mass is 10.2. The molecule has 0 fully saturated rings. The SMILES string of the molecule is CN(N=Cc1ccc(NS(C)(=O)=O)cc1)c1cc(=O)n(C)c(=O)[nH]1. The van der Waals surface area contributed by atoms with Gasteiger partial charge in [-0.3, -0.25) is 24.1 Å². The summed E-state index contributed by atoms with van der Waals surface area (Å²) < 4.78 is 25.6. The molecular formula is C14H17N5O4S. The molecule has 24 heavy (non-hydrogen) atoms. The number of hydrazone groups is 1. The second kappa shape index (κ2) is 6.71. The third-order valence-corrected chi connectivity index (χ3v) is 3.68. The summed E-state index contributed by atoms with van der Waals surface area (Å²) in [6, 6.07) is 7.82. The van der Waals surface area contributed by atoms with E-state index in [4.69, 9.17) is 0 Å². The lowest BCUT2D eigenvalue weighted by Crippen LogP contribution is -2.33. The molecule has 2 aromatic rings. The van der Waals surface area contributed by atoms with Crippen LogP contribution in [0.3, 0.4) is 0 Å². The van der Waals surface area contributed by atoms with Gasteiger partial charge in [-0.05, 0) is 17.7 Å². The highest BCUT2D eigenvalue weighted by atomic mass is 32.2. The number of nitrogens with zero attached hydrogens (tertiary/aromatic N) is 3. The predicted molar refractivity (Wildman–Crippen MR) is 93.2 cm³/mol. The summed E-state index contributed by atoms with van der Waals surface area (Å²) in [4.78, 5) is 25.7. The van der Waals surface area contributed by atoms with E-state index in [9.17, 15) is 18.0 Å².